The third-order valence-corrected chi connectivity index (χ3v) is 5.59. The minimum Gasteiger partial charge on any atom is -0.391 e. The highest BCUT2D eigenvalue weighted by atomic mass is 16.3. The van der Waals surface area contributed by atoms with Crippen LogP contribution in [0.25, 0.3) is 0 Å². The van der Waals surface area contributed by atoms with Crippen molar-refractivity contribution in [2.24, 2.45) is 5.41 Å². The van der Waals surface area contributed by atoms with Gasteiger partial charge in [0.15, 0.2) is 0 Å². The van der Waals surface area contributed by atoms with Crippen molar-refractivity contribution in [3.05, 3.63) is 47.2 Å². The van der Waals surface area contributed by atoms with Crippen molar-refractivity contribution in [1.82, 2.24) is 15.5 Å². The molecule has 0 spiro atoms. The Labute approximate surface area is 181 Å². The zero-order valence-corrected chi connectivity index (χ0v) is 19.2. The van der Waals surface area contributed by atoms with E-state index in [1.165, 1.54) is 0 Å². The molecule has 5 heteroatoms. The first-order chi connectivity index (χ1) is 13.9. The molecule has 1 aromatic rings. The molecule has 5 nitrogen and oxygen atoms in total. The second-order valence-corrected chi connectivity index (χ2v) is 9.68. The summed E-state index contributed by atoms with van der Waals surface area (Å²) in [6.45, 7) is 17.4. The largest absolute Gasteiger partial charge is 0.391 e. The first kappa shape index (κ1) is 24.0. The van der Waals surface area contributed by atoms with E-state index in [2.05, 4.69) is 43.9 Å². The van der Waals surface area contributed by atoms with Crippen LogP contribution in [0.3, 0.4) is 0 Å². The summed E-state index contributed by atoms with van der Waals surface area (Å²) in [6, 6.07) is 5.53. The number of nitrogens with one attached hydrogen (secondary N) is 2. The van der Waals surface area contributed by atoms with Crippen LogP contribution < -0.4 is 10.6 Å². The molecule has 3 atom stereocenters. The van der Waals surface area contributed by atoms with Crippen LogP contribution in [-0.2, 0) is 11.3 Å². The maximum Gasteiger partial charge on any atom is 0.240 e. The van der Waals surface area contributed by atoms with Crippen molar-refractivity contribution in [1.29, 1.82) is 0 Å². The van der Waals surface area contributed by atoms with Crippen molar-refractivity contribution in [3.8, 4) is 12.3 Å². The number of benzene rings is 1. The minimum atomic E-state index is -0.547. The Morgan fingerprint density at radius 2 is 2.07 bits per heavy atom. The number of β-amino-alcohol motifs (C(OH)–C–C–N with tert-alkyl or cyclic N) is 1. The average molecular weight is 412 g/mol. The Morgan fingerprint density at radius 1 is 1.40 bits per heavy atom. The summed E-state index contributed by atoms with van der Waals surface area (Å²) >= 11 is 0. The summed E-state index contributed by atoms with van der Waals surface area (Å²) in [4.78, 5) is 15.2. The van der Waals surface area contributed by atoms with Crippen LogP contribution in [0, 0.1) is 24.7 Å². The highest BCUT2D eigenvalue weighted by Gasteiger charge is 2.42. The van der Waals surface area contributed by atoms with Gasteiger partial charge in [-0.1, -0.05) is 53.2 Å². The predicted molar refractivity (Wildman–Crippen MR) is 123 cm³/mol. The maximum absolute atomic E-state index is 13.5. The molecule has 1 aromatic carbocycles. The number of carbonyl (C=O) groups is 1. The Bertz CT molecular complexity index is 817. The fourth-order valence-corrected chi connectivity index (χ4v) is 3.89. The van der Waals surface area contributed by atoms with Gasteiger partial charge in [0.05, 0.1) is 18.2 Å². The number of aliphatic hydroxyl groups is 1. The van der Waals surface area contributed by atoms with Gasteiger partial charge in [-0.15, -0.1) is 6.42 Å². The normalized spacial score (nSPS) is 20.2. The molecular formula is C25H37N3O2. The Balaban J connectivity index is 2.13. The van der Waals surface area contributed by atoms with E-state index >= 15 is 0 Å². The number of hydrogen-bond donors (Lipinski definition) is 3. The number of aryl methyl sites for hydroxylation is 1. The fraction of sp³-hybridized carbons (Fsp3) is 0.560. The zero-order chi connectivity index (χ0) is 22.6. The van der Waals surface area contributed by atoms with Gasteiger partial charge < -0.3 is 20.6 Å². The number of carbonyl (C=O) groups excluding carboxylic acids is 1. The van der Waals surface area contributed by atoms with Gasteiger partial charge in [-0.05, 0) is 35.6 Å². The molecule has 164 valence electrons. The summed E-state index contributed by atoms with van der Waals surface area (Å²) in [5.74, 6) is 2.66. The maximum atomic E-state index is 13.5. The highest BCUT2D eigenvalue weighted by Crippen LogP contribution is 2.28. The molecule has 1 heterocycles. The molecule has 3 N–H and O–H groups in total. The van der Waals surface area contributed by atoms with Crippen LogP contribution in [0.15, 0.2) is 30.5 Å². The topological polar surface area (TPSA) is 64.6 Å². The number of amides is 1. The molecule has 1 fully saturated rings. The third kappa shape index (κ3) is 5.87. The van der Waals surface area contributed by atoms with Crippen LogP contribution in [0.1, 0.15) is 57.7 Å². The molecule has 30 heavy (non-hydrogen) atoms. The predicted octanol–water partition coefficient (Wildman–Crippen LogP) is 2.95. The molecule has 0 radical (unpaired) electrons. The Hall–Kier alpha value is -2.29. The summed E-state index contributed by atoms with van der Waals surface area (Å²) < 4.78 is 0. The third-order valence-electron chi connectivity index (χ3n) is 5.59. The second kappa shape index (κ2) is 9.68. The SMILES string of the molecule is C#Cc1ccc(CNC(=C)[C@@H]2C[C@@H](O)CN2C(=O)[C@@H](NC(C)C)C(C)(C)C)c(C)c1. The molecule has 1 aliphatic heterocycles. The lowest BCUT2D eigenvalue weighted by molar-refractivity contribution is -0.137. The quantitative estimate of drug-likeness (QED) is 0.604. The van der Waals surface area contributed by atoms with E-state index in [4.69, 9.17) is 6.42 Å². The van der Waals surface area contributed by atoms with Crippen molar-refractivity contribution < 1.29 is 9.90 Å². The van der Waals surface area contributed by atoms with E-state index in [-0.39, 0.29) is 29.4 Å². The van der Waals surface area contributed by atoms with Gasteiger partial charge in [-0.3, -0.25) is 4.79 Å². The number of likely N-dealkylation sites (tertiary alicyclic amines) is 1. The Morgan fingerprint density at radius 3 is 2.60 bits per heavy atom. The van der Waals surface area contributed by atoms with E-state index in [0.29, 0.717) is 19.5 Å². The number of rotatable bonds is 7. The van der Waals surface area contributed by atoms with E-state index in [9.17, 15) is 9.90 Å². The number of nitrogens with zero attached hydrogens (tertiary/aromatic N) is 1. The molecule has 1 saturated heterocycles. The van der Waals surface area contributed by atoms with E-state index in [1.807, 2.05) is 39.0 Å². The summed E-state index contributed by atoms with van der Waals surface area (Å²) in [7, 11) is 0. The molecule has 0 aliphatic carbocycles. The molecule has 1 aliphatic rings. The molecule has 0 saturated carbocycles. The zero-order valence-electron chi connectivity index (χ0n) is 19.2. The summed E-state index contributed by atoms with van der Waals surface area (Å²) in [5.41, 5.74) is 3.60. The highest BCUT2D eigenvalue weighted by molar-refractivity contribution is 5.83. The fourth-order valence-electron chi connectivity index (χ4n) is 3.89. The van der Waals surface area contributed by atoms with Crippen LogP contribution in [0.5, 0.6) is 0 Å². The molecule has 0 unspecified atom stereocenters. The molecule has 1 amide bonds. The van der Waals surface area contributed by atoms with Crippen molar-refractivity contribution in [3.63, 3.8) is 0 Å². The van der Waals surface area contributed by atoms with Gasteiger partial charge in [-0.2, -0.15) is 0 Å². The summed E-state index contributed by atoms with van der Waals surface area (Å²) in [5, 5.41) is 17.1. The van der Waals surface area contributed by atoms with Gasteiger partial charge in [0.2, 0.25) is 5.91 Å². The lowest BCUT2D eigenvalue weighted by Crippen LogP contribution is -2.56. The van der Waals surface area contributed by atoms with Crippen LogP contribution in [-0.4, -0.2) is 46.7 Å². The van der Waals surface area contributed by atoms with Crippen LogP contribution >= 0.6 is 0 Å². The molecule has 0 bridgehead atoms. The van der Waals surface area contributed by atoms with Gasteiger partial charge in [0.25, 0.3) is 0 Å². The van der Waals surface area contributed by atoms with Gasteiger partial charge in [0.1, 0.15) is 0 Å². The van der Waals surface area contributed by atoms with Gasteiger partial charge >= 0.3 is 0 Å². The van der Waals surface area contributed by atoms with Crippen LogP contribution in [0.4, 0.5) is 0 Å². The number of aliphatic hydroxyl groups excluding tert-OH is 1. The second-order valence-electron chi connectivity index (χ2n) is 9.68. The van der Waals surface area contributed by atoms with Crippen molar-refractivity contribution in [2.45, 2.75) is 78.7 Å². The smallest absolute Gasteiger partial charge is 0.240 e. The average Bonchev–Trinajstić information content (AvgIpc) is 3.05. The van der Waals surface area contributed by atoms with E-state index in [1.54, 1.807) is 4.90 Å². The first-order valence-electron chi connectivity index (χ1n) is 10.7. The molecule has 2 rings (SSSR count). The number of terminal acetylenes is 1. The van der Waals surface area contributed by atoms with Crippen LogP contribution in [0.2, 0.25) is 0 Å². The van der Waals surface area contributed by atoms with Crippen molar-refractivity contribution >= 4 is 5.91 Å². The van der Waals surface area contributed by atoms with Crippen molar-refractivity contribution in [2.75, 3.05) is 6.54 Å². The Kier molecular flexibility index (Phi) is 7.74. The first-order valence-corrected chi connectivity index (χ1v) is 10.7. The lowest BCUT2D eigenvalue weighted by Gasteiger charge is -2.37. The standard InChI is InChI=1S/C25H37N3O2/c1-9-19-10-11-20(17(4)12-19)14-26-18(5)22-13-21(29)15-28(22)24(30)23(25(6,7)8)27-16(2)3/h1,10-12,16,21-23,26-27,29H,5,13-15H2,2-4,6-8H3/t21-,22+,23-/m1/s1. The lowest BCUT2D eigenvalue weighted by atomic mass is 9.85. The minimum absolute atomic E-state index is 0.00949. The number of hydrogen-bond acceptors (Lipinski definition) is 4. The van der Waals surface area contributed by atoms with E-state index in [0.717, 1.165) is 22.4 Å². The summed E-state index contributed by atoms with van der Waals surface area (Å²) in [6.07, 6.45) is 5.41. The van der Waals surface area contributed by atoms with E-state index < -0.39 is 6.10 Å². The monoisotopic (exact) mass is 411 g/mol. The molecule has 0 aromatic heterocycles. The molecular weight excluding hydrogens is 374 g/mol. The van der Waals surface area contributed by atoms with Gasteiger partial charge in [0, 0.05) is 36.8 Å². The van der Waals surface area contributed by atoms with Gasteiger partial charge in [-0.25, -0.2) is 0 Å².